The van der Waals surface area contributed by atoms with E-state index in [0.717, 1.165) is 16.7 Å². The van der Waals surface area contributed by atoms with Gasteiger partial charge in [-0.2, -0.15) is 5.26 Å². The lowest BCUT2D eigenvalue weighted by Gasteiger charge is -2.28. The Kier molecular flexibility index (Phi) is 6.06. The maximum atomic E-state index is 13.4. The summed E-state index contributed by atoms with van der Waals surface area (Å²) in [5.41, 5.74) is 3.26. The van der Waals surface area contributed by atoms with Gasteiger partial charge in [0.05, 0.1) is 17.7 Å². The topological polar surface area (TPSA) is 64.3 Å². The van der Waals surface area contributed by atoms with Gasteiger partial charge in [-0.1, -0.05) is 49.6 Å². The van der Waals surface area contributed by atoms with E-state index in [1.54, 1.807) is 47.4 Å². The first-order valence-corrected chi connectivity index (χ1v) is 9.19. The summed E-state index contributed by atoms with van der Waals surface area (Å²) in [5.74, 6) is -1.06. The third-order valence-corrected chi connectivity index (χ3v) is 5.10. The molecule has 4 nitrogen and oxygen atoms in total. The smallest absolute Gasteiger partial charge is 0.254 e. The second-order valence-corrected chi connectivity index (χ2v) is 6.86. The SMILES string of the molecule is C=CC1=C(C=C)C(=O)N(C[C@H](O)[C@@H](c2ccc(F)cc2)c2ccc(C#N)cc2)C1. The molecule has 1 heterocycles. The number of halogens is 1. The Morgan fingerprint density at radius 1 is 1.10 bits per heavy atom. The first kappa shape index (κ1) is 20.2. The molecule has 0 aromatic heterocycles. The van der Waals surface area contributed by atoms with Crippen LogP contribution in [0, 0.1) is 17.1 Å². The summed E-state index contributed by atoms with van der Waals surface area (Å²) in [4.78, 5) is 14.2. The van der Waals surface area contributed by atoms with Crippen LogP contribution in [-0.2, 0) is 4.79 Å². The van der Waals surface area contributed by atoms with Gasteiger partial charge >= 0.3 is 0 Å². The lowest BCUT2D eigenvalue weighted by molar-refractivity contribution is -0.126. The summed E-state index contributed by atoms with van der Waals surface area (Å²) in [5, 5.41) is 20.1. The van der Waals surface area contributed by atoms with Crippen LogP contribution < -0.4 is 0 Å². The zero-order valence-electron chi connectivity index (χ0n) is 15.9. The normalized spacial score (nSPS) is 15.8. The predicted molar refractivity (Wildman–Crippen MR) is 109 cm³/mol. The Balaban J connectivity index is 1.90. The predicted octanol–water partition coefficient (Wildman–Crippen LogP) is 3.70. The van der Waals surface area contributed by atoms with Crippen molar-refractivity contribution in [2.45, 2.75) is 12.0 Å². The van der Waals surface area contributed by atoms with Crippen LogP contribution in [0.25, 0.3) is 0 Å². The van der Waals surface area contributed by atoms with E-state index >= 15 is 0 Å². The molecule has 0 bridgehead atoms. The summed E-state index contributed by atoms with van der Waals surface area (Å²) in [6, 6.07) is 14.9. The lowest BCUT2D eigenvalue weighted by Crippen LogP contribution is -2.38. The van der Waals surface area contributed by atoms with E-state index in [1.165, 1.54) is 18.2 Å². The number of hydrogen-bond acceptors (Lipinski definition) is 3. The first-order valence-electron chi connectivity index (χ1n) is 9.19. The van der Waals surface area contributed by atoms with Crippen LogP contribution in [0.1, 0.15) is 22.6 Å². The summed E-state index contributed by atoms with van der Waals surface area (Å²) in [6.45, 7) is 7.86. The number of amides is 1. The monoisotopic (exact) mass is 388 g/mol. The van der Waals surface area contributed by atoms with Gasteiger partial charge in [-0.05, 0) is 41.0 Å². The zero-order valence-corrected chi connectivity index (χ0v) is 15.9. The van der Waals surface area contributed by atoms with Gasteiger partial charge in [0.25, 0.3) is 5.91 Å². The molecule has 2 atom stereocenters. The van der Waals surface area contributed by atoms with Crippen molar-refractivity contribution in [3.63, 3.8) is 0 Å². The molecule has 0 saturated heterocycles. The highest BCUT2D eigenvalue weighted by molar-refractivity contribution is 6.00. The molecule has 0 aliphatic carbocycles. The number of carbonyl (C=O) groups is 1. The van der Waals surface area contributed by atoms with Crippen LogP contribution in [0.2, 0.25) is 0 Å². The van der Waals surface area contributed by atoms with E-state index < -0.39 is 12.0 Å². The van der Waals surface area contributed by atoms with Crippen molar-refractivity contribution in [2.75, 3.05) is 13.1 Å². The van der Waals surface area contributed by atoms with Crippen LogP contribution >= 0.6 is 0 Å². The average molecular weight is 388 g/mol. The Hall–Kier alpha value is -3.49. The van der Waals surface area contributed by atoms with Crippen LogP contribution in [0.15, 0.2) is 85.0 Å². The molecule has 0 saturated carbocycles. The summed E-state index contributed by atoms with van der Waals surface area (Å²) in [7, 11) is 0. The van der Waals surface area contributed by atoms with Crippen LogP contribution in [0.5, 0.6) is 0 Å². The molecule has 2 aromatic carbocycles. The highest BCUT2D eigenvalue weighted by Gasteiger charge is 2.32. The van der Waals surface area contributed by atoms with Crippen molar-refractivity contribution in [3.8, 4) is 6.07 Å². The van der Waals surface area contributed by atoms with Gasteiger partial charge in [-0.3, -0.25) is 4.79 Å². The summed E-state index contributed by atoms with van der Waals surface area (Å²) in [6.07, 6.45) is 2.19. The Labute approximate surface area is 169 Å². The first-order chi connectivity index (χ1) is 14.0. The average Bonchev–Trinajstić information content (AvgIpc) is 3.04. The molecule has 1 aliphatic rings. The van der Waals surface area contributed by atoms with Gasteiger partial charge in [0.2, 0.25) is 0 Å². The Morgan fingerprint density at radius 2 is 1.69 bits per heavy atom. The minimum absolute atomic E-state index is 0.0928. The fourth-order valence-electron chi connectivity index (χ4n) is 3.61. The molecule has 29 heavy (non-hydrogen) atoms. The van der Waals surface area contributed by atoms with Crippen molar-refractivity contribution in [1.29, 1.82) is 5.26 Å². The van der Waals surface area contributed by atoms with Crippen LogP contribution in [0.4, 0.5) is 4.39 Å². The lowest BCUT2D eigenvalue weighted by atomic mass is 9.86. The highest BCUT2D eigenvalue weighted by Crippen LogP contribution is 2.31. The van der Waals surface area contributed by atoms with Gasteiger partial charge in [0.1, 0.15) is 5.82 Å². The van der Waals surface area contributed by atoms with Crippen molar-refractivity contribution >= 4 is 5.91 Å². The van der Waals surface area contributed by atoms with E-state index in [-0.39, 0.29) is 18.3 Å². The molecule has 1 N–H and O–H groups in total. The second kappa shape index (κ2) is 8.68. The maximum absolute atomic E-state index is 13.4. The fourth-order valence-corrected chi connectivity index (χ4v) is 3.61. The second-order valence-electron chi connectivity index (χ2n) is 6.86. The standard InChI is InChI=1S/C24H21FN2O2/c1-3-17-14-27(24(29)21(17)4-2)15-22(28)23(19-9-11-20(25)12-10-19)18-7-5-16(13-26)6-8-18/h3-12,22-23,28H,1-2,14-15H2/t22-,23+/m0/s1. The number of benzene rings is 2. The zero-order chi connectivity index (χ0) is 21.0. The van der Waals surface area contributed by atoms with E-state index in [4.69, 9.17) is 5.26 Å². The third kappa shape index (κ3) is 4.18. The van der Waals surface area contributed by atoms with E-state index in [1.807, 2.05) is 0 Å². The minimum atomic E-state index is -0.937. The van der Waals surface area contributed by atoms with Crippen molar-refractivity contribution in [1.82, 2.24) is 4.90 Å². The summed E-state index contributed by atoms with van der Waals surface area (Å²) < 4.78 is 13.4. The molecular formula is C24H21FN2O2. The van der Waals surface area contributed by atoms with Crippen LogP contribution in [0.3, 0.4) is 0 Å². The van der Waals surface area contributed by atoms with Gasteiger partial charge in [-0.15, -0.1) is 0 Å². The minimum Gasteiger partial charge on any atom is -0.390 e. The molecule has 5 heteroatoms. The van der Waals surface area contributed by atoms with E-state index in [0.29, 0.717) is 17.7 Å². The van der Waals surface area contributed by atoms with Gasteiger partial charge in [0.15, 0.2) is 0 Å². The summed E-state index contributed by atoms with van der Waals surface area (Å²) >= 11 is 0. The molecule has 3 rings (SSSR count). The van der Waals surface area contributed by atoms with Gasteiger partial charge < -0.3 is 10.0 Å². The number of aliphatic hydroxyl groups excluding tert-OH is 1. The molecule has 1 aliphatic heterocycles. The molecule has 0 spiro atoms. The molecule has 0 radical (unpaired) electrons. The number of hydrogen-bond donors (Lipinski definition) is 1. The maximum Gasteiger partial charge on any atom is 0.254 e. The fraction of sp³-hybridized carbons (Fsp3) is 0.167. The Morgan fingerprint density at radius 3 is 2.17 bits per heavy atom. The van der Waals surface area contributed by atoms with Crippen molar-refractivity contribution in [3.05, 3.63) is 107 Å². The number of carbonyl (C=O) groups excluding carboxylic acids is 1. The molecule has 0 unspecified atom stereocenters. The molecule has 0 fully saturated rings. The molecule has 1 amide bonds. The number of nitriles is 1. The molecular weight excluding hydrogens is 367 g/mol. The van der Waals surface area contributed by atoms with Gasteiger partial charge in [0, 0.05) is 24.6 Å². The molecule has 2 aromatic rings. The number of β-amino-alcohol motifs (C(OH)–C–C–N with tert-alkyl or cyclic N) is 1. The van der Waals surface area contributed by atoms with Crippen LogP contribution in [-0.4, -0.2) is 35.1 Å². The number of rotatable bonds is 7. The third-order valence-electron chi connectivity index (χ3n) is 5.10. The largest absolute Gasteiger partial charge is 0.390 e. The Bertz CT molecular complexity index is 1000. The molecule has 146 valence electrons. The highest BCUT2D eigenvalue weighted by atomic mass is 19.1. The van der Waals surface area contributed by atoms with E-state index in [2.05, 4.69) is 19.2 Å². The number of aliphatic hydroxyl groups is 1. The van der Waals surface area contributed by atoms with Crippen molar-refractivity contribution in [2.24, 2.45) is 0 Å². The van der Waals surface area contributed by atoms with Crippen molar-refractivity contribution < 1.29 is 14.3 Å². The van der Waals surface area contributed by atoms with Gasteiger partial charge in [-0.25, -0.2) is 4.39 Å². The quantitative estimate of drug-likeness (QED) is 0.787. The number of nitrogens with zero attached hydrogens (tertiary/aromatic N) is 2. The van der Waals surface area contributed by atoms with E-state index in [9.17, 15) is 14.3 Å².